The van der Waals surface area contributed by atoms with Crippen molar-refractivity contribution in [2.45, 2.75) is 71.6 Å². The van der Waals surface area contributed by atoms with Gasteiger partial charge in [0.2, 0.25) is 0 Å². The molecule has 6 heterocycles. The Labute approximate surface area is 255 Å². The first kappa shape index (κ1) is 32.9. The minimum Gasteiger partial charge on any atom is -0.473 e. The van der Waals surface area contributed by atoms with Gasteiger partial charge in [-0.2, -0.15) is 0 Å². The van der Waals surface area contributed by atoms with E-state index < -0.39 is 0 Å². The Hall–Kier alpha value is -4.65. The van der Waals surface area contributed by atoms with Gasteiger partial charge in [0, 0.05) is 0 Å². The zero-order chi connectivity index (χ0) is 31.5. The number of hydrogen-bond donors (Lipinski definition) is 0. The van der Waals surface area contributed by atoms with E-state index in [9.17, 15) is 4.79 Å². The molecule has 43 heavy (non-hydrogen) atoms. The van der Waals surface area contributed by atoms with Gasteiger partial charge in [0.05, 0.1) is 53.8 Å². The Kier molecular flexibility index (Phi) is 11.1. The lowest BCUT2D eigenvalue weighted by atomic mass is 9.87. The molecule has 0 bridgehead atoms. The summed E-state index contributed by atoms with van der Waals surface area (Å²) >= 11 is 0. The van der Waals surface area contributed by atoms with Crippen molar-refractivity contribution in [1.82, 2.24) is 0 Å². The topological polar surface area (TPSA) is 95.9 Å². The molecule has 228 valence electrons. The van der Waals surface area contributed by atoms with Crippen LogP contribution in [0.1, 0.15) is 91.4 Å². The third-order valence-corrected chi connectivity index (χ3v) is 6.81. The molecule has 0 amide bonds. The molecule has 7 heteroatoms. The first-order valence-corrected chi connectivity index (χ1v) is 14.1. The van der Waals surface area contributed by atoms with E-state index in [-0.39, 0.29) is 23.5 Å². The van der Waals surface area contributed by atoms with Crippen LogP contribution < -0.4 is 0 Å². The molecule has 0 aromatic carbocycles. The minimum absolute atomic E-state index is 0. The fourth-order valence-electron chi connectivity index (χ4n) is 4.14. The minimum atomic E-state index is -0.305. The second kappa shape index (κ2) is 14.5. The molecule has 0 spiro atoms. The molecule has 7 nitrogen and oxygen atoms in total. The number of furan rings is 6. The highest BCUT2D eigenvalue weighted by Gasteiger charge is 2.34. The highest BCUT2D eigenvalue weighted by Crippen LogP contribution is 2.38. The van der Waals surface area contributed by atoms with Gasteiger partial charge in [0.25, 0.3) is 0 Å². The molecular weight excluding hydrogens is 544 g/mol. The summed E-state index contributed by atoms with van der Waals surface area (Å²) in [6.07, 6.45) is 9.99. The summed E-state index contributed by atoms with van der Waals surface area (Å²) in [5.41, 5.74) is -0.797. The molecular formula is C36H43O7+. The van der Waals surface area contributed by atoms with Crippen molar-refractivity contribution in [3.05, 3.63) is 145 Å². The SMILES string of the molecule is CC(C)(c1ccco1)c1ccc(C(C)(C)c2ccco2)o1.CC(C)(c1ccco1)c1ccco1.CC(C)=O.[H+].c1ccoc1. The fourth-order valence-corrected chi connectivity index (χ4v) is 4.14. The summed E-state index contributed by atoms with van der Waals surface area (Å²) in [6, 6.07) is 23.1. The number of hydrogen-bond acceptors (Lipinski definition) is 7. The summed E-state index contributed by atoms with van der Waals surface area (Å²) in [5, 5.41) is 0. The van der Waals surface area contributed by atoms with E-state index in [1.54, 1.807) is 37.6 Å². The van der Waals surface area contributed by atoms with Gasteiger partial charge in [-0.3, -0.25) is 0 Å². The van der Waals surface area contributed by atoms with Gasteiger partial charge in [0.15, 0.2) is 0 Å². The Morgan fingerprint density at radius 2 is 0.744 bits per heavy atom. The second-order valence-corrected chi connectivity index (χ2v) is 11.6. The Balaban J connectivity index is 0.000000248. The van der Waals surface area contributed by atoms with Crippen molar-refractivity contribution >= 4 is 5.78 Å². The van der Waals surface area contributed by atoms with Crippen molar-refractivity contribution < 1.29 is 32.7 Å². The van der Waals surface area contributed by atoms with Gasteiger partial charge < -0.3 is 31.3 Å². The van der Waals surface area contributed by atoms with E-state index in [0.717, 1.165) is 34.6 Å². The van der Waals surface area contributed by atoms with Crippen molar-refractivity contribution in [3.63, 3.8) is 0 Å². The van der Waals surface area contributed by atoms with E-state index in [4.69, 9.17) is 22.1 Å². The van der Waals surface area contributed by atoms with E-state index in [1.165, 1.54) is 13.8 Å². The summed E-state index contributed by atoms with van der Waals surface area (Å²) in [4.78, 5) is 9.44. The molecule has 0 radical (unpaired) electrons. The average Bonchev–Trinajstić information content (AvgIpc) is 3.84. The van der Waals surface area contributed by atoms with Crippen LogP contribution in [-0.4, -0.2) is 5.78 Å². The molecule has 0 fully saturated rings. The van der Waals surface area contributed by atoms with Gasteiger partial charge >= 0.3 is 1.43 Å². The van der Waals surface area contributed by atoms with Crippen molar-refractivity contribution in [1.29, 1.82) is 0 Å². The lowest BCUT2D eigenvalue weighted by molar-refractivity contribution is -0.115. The molecule has 0 N–H and O–H groups in total. The van der Waals surface area contributed by atoms with E-state index >= 15 is 0 Å². The van der Waals surface area contributed by atoms with Gasteiger partial charge in [-0.15, -0.1) is 0 Å². The van der Waals surface area contributed by atoms with Crippen LogP contribution in [0.5, 0.6) is 0 Å². The number of rotatable bonds is 6. The zero-order valence-corrected chi connectivity index (χ0v) is 26.3. The molecule has 0 aliphatic heterocycles. The quantitative estimate of drug-likeness (QED) is 0.191. The summed E-state index contributed by atoms with van der Waals surface area (Å²) in [7, 11) is 0. The molecule has 6 aromatic heterocycles. The molecule has 6 rings (SSSR count). The fraction of sp³-hybridized carbons (Fsp3) is 0.306. The lowest BCUT2D eigenvalue weighted by Crippen LogP contribution is -2.19. The summed E-state index contributed by atoms with van der Waals surface area (Å²) in [6.45, 7) is 15.6. The van der Waals surface area contributed by atoms with Crippen LogP contribution in [0.15, 0.2) is 137 Å². The maximum Gasteiger partial charge on any atom is 1.00 e. The smallest absolute Gasteiger partial charge is 0.473 e. The van der Waals surface area contributed by atoms with Gasteiger partial charge in [-0.25, -0.2) is 0 Å². The number of ketones is 1. The van der Waals surface area contributed by atoms with Crippen LogP contribution in [0, 0.1) is 0 Å². The third kappa shape index (κ3) is 8.67. The van der Waals surface area contributed by atoms with Crippen molar-refractivity contribution in [3.8, 4) is 0 Å². The average molecular weight is 588 g/mol. The van der Waals surface area contributed by atoms with Gasteiger partial charge in [0.1, 0.15) is 40.3 Å². The van der Waals surface area contributed by atoms with Crippen LogP contribution in [0.4, 0.5) is 0 Å². The number of carbonyl (C=O) groups excluding carboxylic acids is 1. The molecule has 0 saturated heterocycles. The normalized spacial score (nSPS) is 11.3. The second-order valence-electron chi connectivity index (χ2n) is 11.6. The summed E-state index contributed by atoms with van der Waals surface area (Å²) in [5.74, 6) is 5.54. The molecule has 0 atom stereocenters. The molecule has 0 saturated carbocycles. The molecule has 6 aromatic rings. The predicted molar refractivity (Wildman–Crippen MR) is 166 cm³/mol. The van der Waals surface area contributed by atoms with Crippen LogP contribution in [0.2, 0.25) is 0 Å². The standard InChI is InChI=1S/C18H20O3.C11H12O2.C4H4O.C3H6O/c1-17(2,13-7-5-11-19-13)15-9-10-16(21-15)18(3,4)14-8-6-12-20-14;1-11(2,9-5-3-7-12-9)10-6-4-8-13-10;1-2-4-5-3-1;1-3(2)4/h5-12H,1-4H3;3-8H,1-2H3;1-4H;1-2H3/p+1. The van der Waals surface area contributed by atoms with E-state index in [2.05, 4.69) is 46.0 Å². The Bertz CT molecular complexity index is 1430. The molecule has 0 aliphatic carbocycles. The first-order chi connectivity index (χ1) is 20.4. The zero-order valence-electron chi connectivity index (χ0n) is 27.3. The van der Waals surface area contributed by atoms with E-state index in [0.29, 0.717) is 0 Å². The van der Waals surface area contributed by atoms with Crippen LogP contribution in [-0.2, 0) is 21.0 Å². The van der Waals surface area contributed by atoms with E-state index in [1.807, 2.05) is 72.8 Å². The maximum absolute atomic E-state index is 9.44. The lowest BCUT2D eigenvalue weighted by Gasteiger charge is -2.22. The van der Waals surface area contributed by atoms with Gasteiger partial charge in [-0.1, -0.05) is 0 Å². The number of carbonyl (C=O) groups is 1. The predicted octanol–water partition coefficient (Wildman–Crippen LogP) is 10.3. The maximum atomic E-state index is 9.44. The third-order valence-electron chi connectivity index (χ3n) is 6.81. The van der Waals surface area contributed by atoms with Crippen LogP contribution in [0.25, 0.3) is 0 Å². The highest BCUT2D eigenvalue weighted by molar-refractivity contribution is 5.72. The monoisotopic (exact) mass is 587 g/mol. The number of Topliss-reactive ketones (excluding diaryl/α,β-unsaturated/α-hetero) is 1. The van der Waals surface area contributed by atoms with Crippen molar-refractivity contribution in [2.24, 2.45) is 0 Å². The van der Waals surface area contributed by atoms with Crippen LogP contribution in [0.3, 0.4) is 0 Å². The molecule has 0 aliphatic rings. The van der Waals surface area contributed by atoms with Crippen molar-refractivity contribution in [2.75, 3.05) is 0 Å². The van der Waals surface area contributed by atoms with Gasteiger partial charge in [-0.05, 0) is 128 Å². The summed E-state index contributed by atoms with van der Waals surface area (Å²) < 4.78 is 32.5. The largest absolute Gasteiger partial charge is 1.00 e. The Morgan fingerprint density at radius 1 is 0.465 bits per heavy atom. The first-order valence-electron chi connectivity index (χ1n) is 14.1. The Morgan fingerprint density at radius 3 is 0.953 bits per heavy atom. The molecule has 0 unspecified atom stereocenters. The highest BCUT2D eigenvalue weighted by atomic mass is 16.4. The van der Waals surface area contributed by atoms with Crippen LogP contribution >= 0.6 is 0 Å².